The Morgan fingerprint density at radius 2 is 2.12 bits per heavy atom. The minimum Gasteiger partial charge on any atom is -0.358 e. The molecule has 0 aromatic heterocycles. The first-order valence-corrected chi connectivity index (χ1v) is 4.78. The van der Waals surface area contributed by atoms with Gasteiger partial charge in [-0.05, 0) is 0 Å². The topological polar surface area (TPSA) is 84.3 Å². The molecule has 1 amide bonds. The van der Waals surface area contributed by atoms with Crippen LogP contribution in [0.3, 0.4) is 0 Å². The third kappa shape index (κ3) is 3.32. The van der Waals surface area contributed by atoms with Crippen LogP contribution < -0.4 is 10.6 Å². The van der Waals surface area contributed by atoms with Crippen LogP contribution in [0.2, 0.25) is 0 Å². The minimum absolute atomic E-state index is 0.0620. The van der Waals surface area contributed by atoms with Crippen molar-refractivity contribution < 1.29 is 9.72 Å². The summed E-state index contributed by atoms with van der Waals surface area (Å²) in [7, 11) is 1.54. The molecule has 0 saturated heterocycles. The molecule has 0 unspecified atom stereocenters. The van der Waals surface area contributed by atoms with Crippen LogP contribution in [0.4, 0.5) is 5.69 Å². The molecule has 0 aliphatic heterocycles. The van der Waals surface area contributed by atoms with Gasteiger partial charge < -0.3 is 10.6 Å². The summed E-state index contributed by atoms with van der Waals surface area (Å²) in [5, 5.41) is 16.0. The van der Waals surface area contributed by atoms with Crippen molar-refractivity contribution in [1.82, 2.24) is 10.6 Å². The number of nitrogens with one attached hydrogen (secondary N) is 2. The molecule has 0 atom stereocenters. The van der Waals surface area contributed by atoms with Gasteiger partial charge in [0, 0.05) is 25.2 Å². The van der Waals surface area contributed by atoms with E-state index in [2.05, 4.69) is 10.6 Å². The summed E-state index contributed by atoms with van der Waals surface area (Å²) in [6.45, 7) is 0.438. The first-order chi connectivity index (χ1) is 7.65. The quantitative estimate of drug-likeness (QED) is 0.560. The van der Waals surface area contributed by atoms with Crippen LogP contribution in [-0.2, 0) is 11.3 Å². The van der Waals surface area contributed by atoms with Crippen molar-refractivity contribution in [3.63, 3.8) is 0 Å². The van der Waals surface area contributed by atoms with Gasteiger partial charge in [-0.1, -0.05) is 18.2 Å². The second-order valence-electron chi connectivity index (χ2n) is 3.16. The lowest BCUT2D eigenvalue weighted by molar-refractivity contribution is -0.385. The highest BCUT2D eigenvalue weighted by Crippen LogP contribution is 2.16. The summed E-state index contributed by atoms with van der Waals surface area (Å²) in [6.07, 6.45) is 0. The molecule has 1 aromatic rings. The van der Waals surface area contributed by atoms with E-state index in [1.54, 1.807) is 18.2 Å². The Bertz CT molecular complexity index is 393. The molecular formula is C10H13N3O3. The van der Waals surface area contributed by atoms with Gasteiger partial charge in [-0.15, -0.1) is 0 Å². The van der Waals surface area contributed by atoms with E-state index in [4.69, 9.17) is 0 Å². The number of benzene rings is 1. The summed E-state index contributed by atoms with van der Waals surface area (Å²) in [5.41, 5.74) is 0.628. The molecule has 0 heterocycles. The predicted molar refractivity (Wildman–Crippen MR) is 58.9 cm³/mol. The fraction of sp³-hybridized carbons (Fsp3) is 0.300. The van der Waals surface area contributed by atoms with E-state index in [9.17, 15) is 14.9 Å². The molecule has 0 spiro atoms. The number of nitrogens with zero attached hydrogens (tertiary/aromatic N) is 1. The van der Waals surface area contributed by atoms with E-state index in [1.807, 2.05) is 0 Å². The Kier molecular flexibility index (Phi) is 4.41. The SMILES string of the molecule is CNC(=O)CNCc1ccccc1[N+](=O)[O-]. The maximum atomic E-state index is 10.9. The summed E-state index contributed by atoms with van der Waals surface area (Å²) in [4.78, 5) is 21.2. The number of para-hydroxylation sites is 1. The van der Waals surface area contributed by atoms with Crippen LogP contribution in [0.25, 0.3) is 0 Å². The van der Waals surface area contributed by atoms with E-state index < -0.39 is 4.92 Å². The standard InChI is InChI=1S/C10H13N3O3/c1-11-10(14)7-12-6-8-4-2-3-5-9(8)13(15)16/h2-5,12H,6-7H2,1H3,(H,11,14). The highest BCUT2D eigenvalue weighted by Gasteiger charge is 2.11. The Hall–Kier alpha value is -1.95. The number of hydrogen-bond acceptors (Lipinski definition) is 4. The molecule has 0 aliphatic rings. The molecule has 0 bridgehead atoms. The molecule has 0 fully saturated rings. The zero-order chi connectivity index (χ0) is 12.0. The fourth-order valence-corrected chi connectivity index (χ4v) is 1.24. The number of nitro benzene ring substituents is 1. The van der Waals surface area contributed by atoms with Crippen LogP contribution in [-0.4, -0.2) is 24.4 Å². The van der Waals surface area contributed by atoms with E-state index in [0.717, 1.165) is 0 Å². The van der Waals surface area contributed by atoms with Crippen LogP contribution in [0, 0.1) is 10.1 Å². The van der Waals surface area contributed by atoms with Crippen molar-refractivity contribution in [3.05, 3.63) is 39.9 Å². The second kappa shape index (κ2) is 5.82. The van der Waals surface area contributed by atoms with E-state index >= 15 is 0 Å². The van der Waals surface area contributed by atoms with Gasteiger partial charge in [-0.3, -0.25) is 14.9 Å². The lowest BCUT2D eigenvalue weighted by atomic mass is 10.2. The molecule has 16 heavy (non-hydrogen) atoms. The average Bonchev–Trinajstić information content (AvgIpc) is 2.29. The van der Waals surface area contributed by atoms with Crippen molar-refractivity contribution in [2.75, 3.05) is 13.6 Å². The van der Waals surface area contributed by atoms with Gasteiger partial charge in [0.2, 0.25) is 5.91 Å². The Morgan fingerprint density at radius 3 is 2.75 bits per heavy atom. The van der Waals surface area contributed by atoms with E-state index in [1.165, 1.54) is 13.1 Å². The molecule has 6 nitrogen and oxygen atoms in total. The first-order valence-electron chi connectivity index (χ1n) is 4.78. The molecule has 1 rings (SSSR count). The van der Waals surface area contributed by atoms with Gasteiger partial charge in [0.25, 0.3) is 5.69 Å². The van der Waals surface area contributed by atoms with Gasteiger partial charge in [-0.25, -0.2) is 0 Å². The smallest absolute Gasteiger partial charge is 0.273 e. The van der Waals surface area contributed by atoms with Gasteiger partial charge >= 0.3 is 0 Å². The summed E-state index contributed by atoms with van der Waals surface area (Å²) in [5.74, 6) is -0.154. The fourth-order valence-electron chi connectivity index (χ4n) is 1.24. The molecule has 0 saturated carbocycles. The zero-order valence-electron chi connectivity index (χ0n) is 8.90. The molecule has 6 heteroatoms. The Balaban J connectivity index is 2.60. The van der Waals surface area contributed by atoms with Crippen LogP contribution >= 0.6 is 0 Å². The summed E-state index contributed by atoms with van der Waals surface area (Å²) < 4.78 is 0. The second-order valence-corrected chi connectivity index (χ2v) is 3.16. The van der Waals surface area contributed by atoms with Crippen LogP contribution in [0.15, 0.2) is 24.3 Å². The van der Waals surface area contributed by atoms with E-state index in [-0.39, 0.29) is 18.1 Å². The lowest BCUT2D eigenvalue weighted by Gasteiger charge is -2.04. The maximum absolute atomic E-state index is 10.9. The molecule has 1 aromatic carbocycles. The van der Waals surface area contributed by atoms with E-state index in [0.29, 0.717) is 12.1 Å². The number of rotatable bonds is 5. The third-order valence-electron chi connectivity index (χ3n) is 2.07. The Labute approximate surface area is 92.8 Å². The monoisotopic (exact) mass is 223 g/mol. The summed E-state index contributed by atoms with van der Waals surface area (Å²) in [6, 6.07) is 6.44. The number of nitro groups is 1. The number of carbonyl (C=O) groups is 1. The van der Waals surface area contributed by atoms with Crippen molar-refractivity contribution in [2.24, 2.45) is 0 Å². The van der Waals surface area contributed by atoms with Gasteiger partial charge in [-0.2, -0.15) is 0 Å². The molecular weight excluding hydrogens is 210 g/mol. The van der Waals surface area contributed by atoms with Crippen LogP contribution in [0.1, 0.15) is 5.56 Å². The highest BCUT2D eigenvalue weighted by atomic mass is 16.6. The van der Waals surface area contributed by atoms with Gasteiger partial charge in [0.1, 0.15) is 0 Å². The summed E-state index contributed by atoms with van der Waals surface area (Å²) >= 11 is 0. The lowest BCUT2D eigenvalue weighted by Crippen LogP contribution is -2.31. The Morgan fingerprint density at radius 1 is 1.44 bits per heavy atom. The number of amides is 1. The first kappa shape index (κ1) is 12.1. The number of hydrogen-bond donors (Lipinski definition) is 2. The van der Waals surface area contributed by atoms with Gasteiger partial charge in [0.15, 0.2) is 0 Å². The highest BCUT2D eigenvalue weighted by molar-refractivity contribution is 5.77. The zero-order valence-corrected chi connectivity index (χ0v) is 8.90. The van der Waals surface area contributed by atoms with Crippen LogP contribution in [0.5, 0.6) is 0 Å². The van der Waals surface area contributed by atoms with Gasteiger partial charge in [0.05, 0.1) is 11.5 Å². The largest absolute Gasteiger partial charge is 0.358 e. The average molecular weight is 223 g/mol. The maximum Gasteiger partial charge on any atom is 0.273 e. The third-order valence-corrected chi connectivity index (χ3v) is 2.07. The molecule has 0 radical (unpaired) electrons. The number of likely N-dealkylation sites (N-methyl/N-ethyl adjacent to an activating group) is 1. The normalized spacial score (nSPS) is 9.81. The van der Waals surface area contributed by atoms with Crippen molar-refractivity contribution >= 4 is 11.6 Å². The molecule has 2 N–H and O–H groups in total. The predicted octanol–water partition coefficient (Wildman–Crippen LogP) is 0.430. The molecule has 0 aliphatic carbocycles. The minimum atomic E-state index is -0.434. The van der Waals surface area contributed by atoms with Crippen molar-refractivity contribution in [3.8, 4) is 0 Å². The van der Waals surface area contributed by atoms with Crippen molar-refractivity contribution in [2.45, 2.75) is 6.54 Å². The number of carbonyl (C=O) groups excluding carboxylic acids is 1. The molecule has 86 valence electrons. The van der Waals surface area contributed by atoms with Crippen molar-refractivity contribution in [1.29, 1.82) is 0 Å².